The highest BCUT2D eigenvalue weighted by atomic mass is 35.5. The minimum absolute atomic E-state index is 0.405. The van der Waals surface area contributed by atoms with Gasteiger partial charge in [0.15, 0.2) is 11.5 Å². The van der Waals surface area contributed by atoms with Crippen LogP contribution in [0.2, 0.25) is 5.02 Å². The van der Waals surface area contributed by atoms with Crippen LogP contribution in [-0.4, -0.2) is 25.2 Å². The summed E-state index contributed by atoms with van der Waals surface area (Å²) in [6.45, 7) is 2.74. The molecule has 0 unspecified atom stereocenters. The van der Waals surface area contributed by atoms with E-state index in [0.717, 1.165) is 17.1 Å². The first-order valence-electron chi connectivity index (χ1n) is 5.35. The van der Waals surface area contributed by atoms with Crippen LogP contribution in [0.15, 0.2) is 12.1 Å². The average molecular weight is 295 g/mol. The molecule has 0 amide bonds. The lowest BCUT2D eigenvalue weighted by Crippen LogP contribution is -2.03. The second-order valence-corrected chi connectivity index (χ2v) is 5.36. The SMILES string of the molecule is CCSCCOc1c(Cl)cc(CCl)cc1OC. The molecule has 0 saturated carbocycles. The minimum Gasteiger partial charge on any atom is -0.493 e. The highest BCUT2D eigenvalue weighted by Gasteiger charge is 2.11. The Bertz CT molecular complexity index is 359. The predicted octanol–water partition coefficient (Wildman–Crippen LogP) is 4.22. The van der Waals surface area contributed by atoms with Crippen molar-refractivity contribution in [3.8, 4) is 11.5 Å². The zero-order valence-corrected chi connectivity index (χ0v) is 12.3. The zero-order valence-electron chi connectivity index (χ0n) is 9.96. The van der Waals surface area contributed by atoms with Crippen molar-refractivity contribution in [2.24, 2.45) is 0 Å². The molecule has 0 aliphatic rings. The van der Waals surface area contributed by atoms with Crippen LogP contribution in [0.4, 0.5) is 0 Å². The van der Waals surface area contributed by atoms with Gasteiger partial charge in [0.2, 0.25) is 0 Å². The van der Waals surface area contributed by atoms with E-state index in [9.17, 15) is 0 Å². The van der Waals surface area contributed by atoms with Gasteiger partial charge < -0.3 is 9.47 Å². The van der Waals surface area contributed by atoms with Gasteiger partial charge in [0.1, 0.15) is 0 Å². The molecule has 1 aromatic carbocycles. The molecule has 1 rings (SSSR count). The molecule has 0 radical (unpaired) electrons. The number of thioether (sulfide) groups is 1. The first-order chi connectivity index (χ1) is 8.22. The molecular formula is C12H16Cl2O2S. The largest absolute Gasteiger partial charge is 0.493 e. The van der Waals surface area contributed by atoms with Crippen molar-refractivity contribution in [1.82, 2.24) is 0 Å². The van der Waals surface area contributed by atoms with Gasteiger partial charge in [-0.3, -0.25) is 0 Å². The van der Waals surface area contributed by atoms with E-state index in [4.69, 9.17) is 32.7 Å². The molecule has 2 nitrogen and oxygen atoms in total. The van der Waals surface area contributed by atoms with E-state index in [1.165, 1.54) is 0 Å². The minimum atomic E-state index is 0.405. The van der Waals surface area contributed by atoms with Crippen LogP contribution in [0.5, 0.6) is 11.5 Å². The smallest absolute Gasteiger partial charge is 0.179 e. The van der Waals surface area contributed by atoms with Gasteiger partial charge in [-0.2, -0.15) is 11.8 Å². The Labute approximate surface area is 117 Å². The van der Waals surface area contributed by atoms with Gasteiger partial charge in [0, 0.05) is 11.6 Å². The molecule has 0 aliphatic carbocycles. The summed E-state index contributed by atoms with van der Waals surface area (Å²) < 4.78 is 10.9. The highest BCUT2D eigenvalue weighted by molar-refractivity contribution is 7.99. The van der Waals surface area contributed by atoms with E-state index >= 15 is 0 Å². The molecule has 0 saturated heterocycles. The number of methoxy groups -OCH3 is 1. The van der Waals surface area contributed by atoms with Crippen molar-refractivity contribution in [3.63, 3.8) is 0 Å². The number of ether oxygens (including phenoxy) is 2. The summed E-state index contributed by atoms with van der Waals surface area (Å²) >= 11 is 13.7. The van der Waals surface area contributed by atoms with Crippen molar-refractivity contribution in [2.45, 2.75) is 12.8 Å². The van der Waals surface area contributed by atoms with Crippen LogP contribution < -0.4 is 9.47 Å². The third kappa shape index (κ3) is 4.49. The highest BCUT2D eigenvalue weighted by Crippen LogP contribution is 2.36. The van der Waals surface area contributed by atoms with E-state index in [0.29, 0.717) is 29.0 Å². The van der Waals surface area contributed by atoms with Crippen LogP contribution in [0.3, 0.4) is 0 Å². The first kappa shape index (κ1) is 14.8. The molecule has 0 atom stereocenters. The van der Waals surface area contributed by atoms with Crippen molar-refractivity contribution in [1.29, 1.82) is 0 Å². The Morgan fingerprint density at radius 1 is 1.35 bits per heavy atom. The van der Waals surface area contributed by atoms with Crippen LogP contribution in [0.25, 0.3) is 0 Å². The molecule has 0 heterocycles. The van der Waals surface area contributed by atoms with Crippen LogP contribution in [0.1, 0.15) is 12.5 Å². The lowest BCUT2D eigenvalue weighted by Gasteiger charge is -2.13. The molecule has 17 heavy (non-hydrogen) atoms. The molecule has 0 bridgehead atoms. The normalized spacial score (nSPS) is 10.4. The van der Waals surface area contributed by atoms with Gasteiger partial charge in [-0.05, 0) is 23.4 Å². The summed E-state index contributed by atoms with van der Waals surface area (Å²) in [5.74, 6) is 3.66. The summed E-state index contributed by atoms with van der Waals surface area (Å²) in [5, 5.41) is 0.543. The third-order valence-corrected chi connectivity index (χ3v) is 3.57. The molecule has 96 valence electrons. The summed E-state index contributed by atoms with van der Waals surface area (Å²) in [7, 11) is 1.59. The van der Waals surface area contributed by atoms with E-state index in [-0.39, 0.29) is 0 Å². The van der Waals surface area contributed by atoms with Crippen LogP contribution in [-0.2, 0) is 5.88 Å². The molecule has 0 N–H and O–H groups in total. The van der Waals surface area contributed by atoms with Gasteiger partial charge >= 0.3 is 0 Å². The maximum absolute atomic E-state index is 6.13. The van der Waals surface area contributed by atoms with Gasteiger partial charge in [-0.25, -0.2) is 0 Å². The maximum atomic E-state index is 6.13. The number of benzene rings is 1. The Morgan fingerprint density at radius 3 is 2.71 bits per heavy atom. The fourth-order valence-electron chi connectivity index (χ4n) is 1.34. The summed E-state index contributed by atoms with van der Waals surface area (Å²) in [4.78, 5) is 0. The fraction of sp³-hybridized carbons (Fsp3) is 0.500. The van der Waals surface area contributed by atoms with Crippen LogP contribution >= 0.6 is 35.0 Å². The summed E-state index contributed by atoms with van der Waals surface area (Å²) in [6.07, 6.45) is 0. The van der Waals surface area contributed by atoms with Gasteiger partial charge in [0.25, 0.3) is 0 Å². The lowest BCUT2D eigenvalue weighted by atomic mass is 10.2. The molecule has 0 aromatic heterocycles. The quantitative estimate of drug-likeness (QED) is 0.554. The van der Waals surface area contributed by atoms with Crippen molar-refractivity contribution in [3.05, 3.63) is 22.7 Å². The summed E-state index contributed by atoms with van der Waals surface area (Å²) in [6, 6.07) is 3.65. The number of hydrogen-bond donors (Lipinski definition) is 0. The molecule has 5 heteroatoms. The van der Waals surface area contributed by atoms with Gasteiger partial charge in [-0.15, -0.1) is 11.6 Å². The predicted molar refractivity (Wildman–Crippen MR) is 76.1 cm³/mol. The average Bonchev–Trinajstić information content (AvgIpc) is 2.35. The molecule has 0 aliphatic heterocycles. The number of hydrogen-bond acceptors (Lipinski definition) is 3. The Hall–Kier alpha value is -0.250. The van der Waals surface area contributed by atoms with Gasteiger partial charge in [0.05, 0.1) is 18.7 Å². The van der Waals surface area contributed by atoms with E-state index in [1.54, 1.807) is 13.2 Å². The maximum Gasteiger partial charge on any atom is 0.179 e. The number of halogens is 2. The Balaban J connectivity index is 2.75. The van der Waals surface area contributed by atoms with E-state index in [2.05, 4.69) is 6.92 Å². The zero-order chi connectivity index (χ0) is 12.7. The van der Waals surface area contributed by atoms with Gasteiger partial charge in [-0.1, -0.05) is 18.5 Å². The molecular weight excluding hydrogens is 279 g/mol. The molecule has 0 fully saturated rings. The van der Waals surface area contributed by atoms with Crippen LogP contribution in [0, 0.1) is 0 Å². The topological polar surface area (TPSA) is 18.5 Å². The lowest BCUT2D eigenvalue weighted by molar-refractivity contribution is 0.313. The summed E-state index contributed by atoms with van der Waals surface area (Å²) in [5.41, 5.74) is 0.920. The van der Waals surface area contributed by atoms with Crippen molar-refractivity contribution in [2.75, 3.05) is 25.2 Å². The van der Waals surface area contributed by atoms with Crippen molar-refractivity contribution < 1.29 is 9.47 Å². The third-order valence-electron chi connectivity index (χ3n) is 2.12. The second-order valence-electron chi connectivity index (χ2n) is 3.29. The number of alkyl halides is 1. The molecule has 0 spiro atoms. The molecule has 1 aromatic rings. The number of rotatable bonds is 7. The Morgan fingerprint density at radius 2 is 2.12 bits per heavy atom. The van der Waals surface area contributed by atoms with E-state index < -0.39 is 0 Å². The Kier molecular flexibility index (Phi) is 6.93. The monoisotopic (exact) mass is 294 g/mol. The van der Waals surface area contributed by atoms with E-state index in [1.807, 2.05) is 17.8 Å². The standard InChI is InChI=1S/C12H16Cl2O2S/c1-3-17-5-4-16-12-10(14)6-9(8-13)7-11(12)15-2/h6-7H,3-5,8H2,1-2H3. The second kappa shape index (κ2) is 7.96. The fourth-order valence-corrected chi connectivity index (χ4v) is 2.27. The first-order valence-corrected chi connectivity index (χ1v) is 7.42. The van der Waals surface area contributed by atoms with Crippen molar-refractivity contribution >= 4 is 35.0 Å².